The highest BCUT2D eigenvalue weighted by Gasteiger charge is 1.93. The Bertz CT molecular complexity index is 220. The third-order valence-corrected chi connectivity index (χ3v) is 1.20. The van der Waals surface area contributed by atoms with E-state index in [2.05, 4.69) is 15.2 Å². The van der Waals surface area contributed by atoms with Gasteiger partial charge in [-0.25, -0.2) is 4.98 Å². The number of aromatic nitrogens is 3. The van der Waals surface area contributed by atoms with Gasteiger partial charge in [0.25, 0.3) is 0 Å². The molecule has 0 bridgehead atoms. The minimum atomic E-state index is 0.734. The Morgan fingerprint density at radius 3 is 2.00 bits per heavy atom. The molecule has 1 heterocycles. The maximum absolute atomic E-state index is 4.10. The first-order chi connectivity index (χ1) is 4.20. The van der Waals surface area contributed by atoms with Crippen LogP contribution in [-0.2, 0) is 0 Å². The standard InChI is InChI=1S/C6H9N3/c1-4-5(2)8-9-6(3)7-4/h1-3H3. The molecule has 0 aliphatic heterocycles. The topological polar surface area (TPSA) is 38.7 Å². The van der Waals surface area contributed by atoms with Crippen molar-refractivity contribution in [1.82, 2.24) is 15.2 Å². The molecule has 1 aromatic rings. The van der Waals surface area contributed by atoms with Crippen LogP contribution in [0.3, 0.4) is 0 Å². The van der Waals surface area contributed by atoms with E-state index in [1.165, 1.54) is 0 Å². The van der Waals surface area contributed by atoms with Crippen LogP contribution in [0.4, 0.5) is 0 Å². The molecule has 0 saturated heterocycles. The van der Waals surface area contributed by atoms with Gasteiger partial charge < -0.3 is 0 Å². The summed E-state index contributed by atoms with van der Waals surface area (Å²) >= 11 is 0. The zero-order valence-electron chi connectivity index (χ0n) is 5.84. The first kappa shape index (κ1) is 6.13. The maximum atomic E-state index is 4.10. The van der Waals surface area contributed by atoms with Crippen molar-refractivity contribution >= 4 is 0 Å². The van der Waals surface area contributed by atoms with E-state index in [0.717, 1.165) is 17.2 Å². The first-order valence-electron chi connectivity index (χ1n) is 2.84. The van der Waals surface area contributed by atoms with E-state index in [-0.39, 0.29) is 0 Å². The lowest BCUT2D eigenvalue weighted by molar-refractivity contribution is 0.848. The molecule has 3 nitrogen and oxygen atoms in total. The Kier molecular flexibility index (Phi) is 1.42. The van der Waals surface area contributed by atoms with Crippen LogP contribution in [0, 0.1) is 20.8 Å². The van der Waals surface area contributed by atoms with E-state index in [1.54, 1.807) is 0 Å². The maximum Gasteiger partial charge on any atom is 0.148 e. The van der Waals surface area contributed by atoms with Crippen LogP contribution in [0.5, 0.6) is 0 Å². The normalized spacial score (nSPS) is 9.67. The van der Waals surface area contributed by atoms with Gasteiger partial charge in [-0.2, -0.15) is 5.10 Å². The molecular formula is C6H9N3. The zero-order valence-corrected chi connectivity index (χ0v) is 5.84. The fraction of sp³-hybridized carbons (Fsp3) is 0.500. The lowest BCUT2D eigenvalue weighted by atomic mass is 10.4. The molecule has 1 rings (SSSR count). The Hall–Kier alpha value is -0.990. The Morgan fingerprint density at radius 1 is 0.889 bits per heavy atom. The summed E-state index contributed by atoms with van der Waals surface area (Å²) in [6.45, 7) is 5.66. The van der Waals surface area contributed by atoms with Gasteiger partial charge in [0, 0.05) is 0 Å². The third kappa shape index (κ3) is 1.22. The van der Waals surface area contributed by atoms with E-state index in [9.17, 15) is 0 Å². The van der Waals surface area contributed by atoms with E-state index in [4.69, 9.17) is 0 Å². The second kappa shape index (κ2) is 2.09. The van der Waals surface area contributed by atoms with E-state index in [0.29, 0.717) is 0 Å². The second-order valence-corrected chi connectivity index (χ2v) is 2.03. The van der Waals surface area contributed by atoms with Crippen molar-refractivity contribution in [3.8, 4) is 0 Å². The van der Waals surface area contributed by atoms with E-state index in [1.807, 2.05) is 20.8 Å². The van der Waals surface area contributed by atoms with Crippen molar-refractivity contribution in [3.05, 3.63) is 17.2 Å². The van der Waals surface area contributed by atoms with Gasteiger partial charge in [0.15, 0.2) is 0 Å². The van der Waals surface area contributed by atoms with Crippen LogP contribution in [-0.4, -0.2) is 15.2 Å². The van der Waals surface area contributed by atoms with Crippen LogP contribution in [0.2, 0.25) is 0 Å². The van der Waals surface area contributed by atoms with E-state index >= 15 is 0 Å². The first-order valence-corrected chi connectivity index (χ1v) is 2.84. The molecule has 48 valence electrons. The van der Waals surface area contributed by atoms with Crippen LogP contribution < -0.4 is 0 Å². The molecule has 0 aliphatic rings. The summed E-state index contributed by atoms with van der Waals surface area (Å²) < 4.78 is 0. The molecule has 0 aliphatic carbocycles. The predicted molar refractivity (Wildman–Crippen MR) is 34.0 cm³/mol. The van der Waals surface area contributed by atoms with Crippen molar-refractivity contribution in [2.24, 2.45) is 0 Å². The monoisotopic (exact) mass is 123 g/mol. The van der Waals surface area contributed by atoms with Gasteiger partial charge in [-0.05, 0) is 20.8 Å². The summed E-state index contributed by atoms with van der Waals surface area (Å²) in [6.07, 6.45) is 0. The molecule has 9 heavy (non-hydrogen) atoms. The summed E-state index contributed by atoms with van der Waals surface area (Å²) in [5.41, 5.74) is 1.86. The predicted octanol–water partition coefficient (Wildman–Crippen LogP) is 0.797. The Labute approximate surface area is 54.2 Å². The highest BCUT2D eigenvalue weighted by atomic mass is 15.1. The smallest absolute Gasteiger partial charge is 0.148 e. The largest absolute Gasteiger partial charge is 0.235 e. The number of nitrogens with zero attached hydrogens (tertiary/aromatic N) is 3. The average molecular weight is 123 g/mol. The molecule has 0 N–H and O–H groups in total. The lowest BCUT2D eigenvalue weighted by Gasteiger charge is -1.94. The molecule has 0 saturated carbocycles. The van der Waals surface area contributed by atoms with Gasteiger partial charge >= 0.3 is 0 Å². The van der Waals surface area contributed by atoms with Crippen molar-refractivity contribution in [1.29, 1.82) is 0 Å². The Morgan fingerprint density at radius 2 is 1.56 bits per heavy atom. The van der Waals surface area contributed by atoms with Gasteiger partial charge in [-0.15, -0.1) is 5.10 Å². The lowest BCUT2D eigenvalue weighted by Crippen LogP contribution is -1.97. The number of rotatable bonds is 0. The SMILES string of the molecule is Cc1nnc(C)c(C)n1. The van der Waals surface area contributed by atoms with Crippen LogP contribution in [0.15, 0.2) is 0 Å². The van der Waals surface area contributed by atoms with Crippen molar-refractivity contribution in [2.45, 2.75) is 20.8 Å². The second-order valence-electron chi connectivity index (χ2n) is 2.03. The number of aryl methyl sites for hydroxylation is 3. The molecule has 0 amide bonds. The summed E-state index contributed by atoms with van der Waals surface area (Å²) in [5, 5.41) is 7.64. The number of hydrogen-bond acceptors (Lipinski definition) is 3. The zero-order chi connectivity index (χ0) is 6.85. The third-order valence-electron chi connectivity index (χ3n) is 1.20. The van der Waals surface area contributed by atoms with Crippen molar-refractivity contribution < 1.29 is 0 Å². The molecule has 0 radical (unpaired) electrons. The fourth-order valence-corrected chi connectivity index (χ4v) is 0.566. The summed E-state index contributed by atoms with van der Waals surface area (Å²) in [7, 11) is 0. The van der Waals surface area contributed by atoms with Gasteiger partial charge in [0.2, 0.25) is 0 Å². The van der Waals surface area contributed by atoms with Gasteiger partial charge in [-0.1, -0.05) is 0 Å². The van der Waals surface area contributed by atoms with Crippen molar-refractivity contribution in [3.63, 3.8) is 0 Å². The molecule has 0 unspecified atom stereocenters. The van der Waals surface area contributed by atoms with Gasteiger partial charge in [0.05, 0.1) is 11.4 Å². The molecule has 0 atom stereocenters. The Balaban J connectivity index is 3.17. The highest BCUT2D eigenvalue weighted by Crippen LogP contribution is 1.95. The van der Waals surface area contributed by atoms with Crippen molar-refractivity contribution in [2.75, 3.05) is 0 Å². The van der Waals surface area contributed by atoms with Crippen LogP contribution >= 0.6 is 0 Å². The highest BCUT2D eigenvalue weighted by molar-refractivity contribution is 5.04. The fourth-order valence-electron chi connectivity index (χ4n) is 0.566. The summed E-state index contributed by atoms with van der Waals surface area (Å²) in [4.78, 5) is 4.10. The molecule has 1 aromatic heterocycles. The summed E-state index contributed by atoms with van der Waals surface area (Å²) in [5.74, 6) is 0.734. The minimum absolute atomic E-state index is 0.734. The van der Waals surface area contributed by atoms with Crippen LogP contribution in [0.1, 0.15) is 17.2 Å². The molecule has 3 heteroatoms. The molecule has 0 fully saturated rings. The summed E-state index contributed by atoms with van der Waals surface area (Å²) in [6, 6.07) is 0. The van der Waals surface area contributed by atoms with Gasteiger partial charge in [-0.3, -0.25) is 0 Å². The minimum Gasteiger partial charge on any atom is -0.235 e. The molecular weight excluding hydrogens is 114 g/mol. The van der Waals surface area contributed by atoms with E-state index < -0.39 is 0 Å². The number of hydrogen-bond donors (Lipinski definition) is 0. The molecule has 0 spiro atoms. The quantitative estimate of drug-likeness (QED) is 0.512. The molecule has 0 aromatic carbocycles. The average Bonchev–Trinajstić information content (AvgIpc) is 1.80. The van der Waals surface area contributed by atoms with Crippen LogP contribution in [0.25, 0.3) is 0 Å². The van der Waals surface area contributed by atoms with Gasteiger partial charge in [0.1, 0.15) is 5.82 Å².